The number of allylic oxidation sites excluding steroid dienone is 4. The highest BCUT2D eigenvalue weighted by atomic mass is 32.2. The SMILES string of the molecule is CC/C=C\C1=C(C#N)CC2S/C(=C(/C#N)n3ccnc3)SC12. The maximum Gasteiger partial charge on any atom is 0.145 e. The van der Waals surface area contributed by atoms with Crippen molar-refractivity contribution in [2.24, 2.45) is 0 Å². The van der Waals surface area contributed by atoms with Crippen molar-refractivity contribution in [1.29, 1.82) is 10.5 Å². The molecule has 2 heterocycles. The monoisotopic (exact) mass is 326 g/mol. The van der Waals surface area contributed by atoms with Crippen LogP contribution in [0.2, 0.25) is 0 Å². The summed E-state index contributed by atoms with van der Waals surface area (Å²) >= 11 is 3.41. The summed E-state index contributed by atoms with van der Waals surface area (Å²) in [7, 11) is 0. The van der Waals surface area contributed by atoms with Gasteiger partial charge in [0.2, 0.25) is 0 Å². The normalized spacial score (nSPS) is 26.1. The minimum atomic E-state index is 0.268. The number of rotatable bonds is 3. The van der Waals surface area contributed by atoms with E-state index < -0.39 is 0 Å². The van der Waals surface area contributed by atoms with Crippen molar-refractivity contribution < 1.29 is 0 Å². The molecule has 0 saturated carbocycles. The summed E-state index contributed by atoms with van der Waals surface area (Å²) in [4.78, 5) is 4.01. The van der Waals surface area contributed by atoms with E-state index in [9.17, 15) is 10.5 Å². The van der Waals surface area contributed by atoms with Crippen molar-refractivity contribution in [3.63, 3.8) is 0 Å². The highest BCUT2D eigenvalue weighted by Gasteiger charge is 2.42. The Balaban J connectivity index is 1.93. The molecule has 1 aromatic rings. The third kappa shape index (κ3) is 2.61. The third-order valence-electron chi connectivity index (χ3n) is 3.62. The van der Waals surface area contributed by atoms with Crippen molar-refractivity contribution in [2.75, 3.05) is 0 Å². The van der Waals surface area contributed by atoms with Crippen LogP contribution in [0.1, 0.15) is 19.8 Å². The predicted octanol–water partition coefficient (Wildman–Crippen LogP) is 3.94. The summed E-state index contributed by atoms with van der Waals surface area (Å²) in [6.45, 7) is 2.09. The van der Waals surface area contributed by atoms with E-state index in [-0.39, 0.29) is 5.25 Å². The number of nitrogens with zero attached hydrogens (tertiary/aromatic N) is 4. The maximum atomic E-state index is 9.47. The molecule has 4 nitrogen and oxygen atoms in total. The second-order valence-corrected chi connectivity index (χ2v) is 7.63. The zero-order valence-electron chi connectivity index (χ0n) is 12.1. The van der Waals surface area contributed by atoms with E-state index >= 15 is 0 Å². The zero-order valence-corrected chi connectivity index (χ0v) is 13.7. The summed E-state index contributed by atoms with van der Waals surface area (Å²) in [5.41, 5.74) is 2.64. The molecule has 0 radical (unpaired) electrons. The molecule has 2 atom stereocenters. The van der Waals surface area contributed by atoms with Gasteiger partial charge in [0.05, 0.1) is 16.6 Å². The van der Waals surface area contributed by atoms with Gasteiger partial charge in [-0.25, -0.2) is 4.98 Å². The third-order valence-corrected chi connectivity index (χ3v) is 6.76. The average Bonchev–Trinajstić information content (AvgIpc) is 3.22. The van der Waals surface area contributed by atoms with Crippen LogP contribution in [-0.2, 0) is 0 Å². The van der Waals surface area contributed by atoms with Crippen LogP contribution in [0, 0.1) is 22.7 Å². The number of imidazole rings is 1. The Morgan fingerprint density at radius 3 is 3.00 bits per heavy atom. The average molecular weight is 326 g/mol. The number of aromatic nitrogens is 2. The minimum absolute atomic E-state index is 0.268. The molecule has 1 aliphatic carbocycles. The number of thioether (sulfide) groups is 2. The fourth-order valence-electron chi connectivity index (χ4n) is 2.58. The largest absolute Gasteiger partial charge is 0.296 e. The molecular weight excluding hydrogens is 312 g/mol. The minimum Gasteiger partial charge on any atom is -0.296 e. The lowest BCUT2D eigenvalue weighted by molar-refractivity contribution is 0.957. The molecular formula is C16H14N4S2. The van der Waals surface area contributed by atoms with Crippen LogP contribution in [0.4, 0.5) is 0 Å². The Hall–Kier alpha value is -1.89. The van der Waals surface area contributed by atoms with Gasteiger partial charge in [-0.2, -0.15) is 10.5 Å². The summed E-state index contributed by atoms with van der Waals surface area (Å²) in [5.74, 6) is 0. The molecule has 1 fully saturated rings. The van der Waals surface area contributed by atoms with Gasteiger partial charge >= 0.3 is 0 Å². The molecule has 0 bridgehead atoms. The van der Waals surface area contributed by atoms with Gasteiger partial charge in [0.25, 0.3) is 0 Å². The molecule has 1 aliphatic heterocycles. The highest BCUT2D eigenvalue weighted by Crippen LogP contribution is 2.57. The molecule has 22 heavy (non-hydrogen) atoms. The number of fused-ring (bicyclic) bond motifs is 1. The fraction of sp³-hybridized carbons (Fsp3) is 0.312. The second-order valence-electron chi connectivity index (χ2n) is 4.97. The Morgan fingerprint density at radius 2 is 2.36 bits per heavy atom. The van der Waals surface area contributed by atoms with Gasteiger partial charge in [-0.3, -0.25) is 4.57 Å². The van der Waals surface area contributed by atoms with E-state index in [4.69, 9.17) is 0 Å². The molecule has 2 unspecified atom stereocenters. The topological polar surface area (TPSA) is 65.4 Å². The second kappa shape index (κ2) is 6.48. The van der Waals surface area contributed by atoms with Crippen molar-refractivity contribution in [2.45, 2.75) is 30.3 Å². The van der Waals surface area contributed by atoms with Gasteiger partial charge in [0, 0.05) is 28.5 Å². The standard InChI is InChI=1S/C16H14N4S2/c1-2-3-4-12-11(8-17)7-14-15(12)22-16(21-14)13(9-18)20-6-5-19-10-20/h3-6,10,14-15H,2,7H2,1H3/b4-3-,16-13+. The number of hydrogen-bond donors (Lipinski definition) is 0. The summed E-state index contributed by atoms with van der Waals surface area (Å²) in [5, 5.41) is 19.4. The van der Waals surface area contributed by atoms with E-state index in [2.05, 4.69) is 36.2 Å². The van der Waals surface area contributed by atoms with Gasteiger partial charge in [-0.05, 0) is 18.4 Å². The first kappa shape index (κ1) is 15.0. The smallest absolute Gasteiger partial charge is 0.145 e. The summed E-state index contributed by atoms with van der Waals surface area (Å²) in [6.07, 6.45) is 11.0. The van der Waals surface area contributed by atoms with Crippen molar-refractivity contribution in [1.82, 2.24) is 9.55 Å². The molecule has 1 aromatic heterocycles. The van der Waals surface area contributed by atoms with Gasteiger partial charge < -0.3 is 0 Å². The first-order valence-electron chi connectivity index (χ1n) is 7.04. The van der Waals surface area contributed by atoms with E-state index in [0.29, 0.717) is 10.9 Å². The van der Waals surface area contributed by atoms with Gasteiger partial charge in [0.1, 0.15) is 11.8 Å². The lowest BCUT2D eigenvalue weighted by Gasteiger charge is -2.08. The van der Waals surface area contributed by atoms with E-state index in [1.54, 1.807) is 46.8 Å². The van der Waals surface area contributed by atoms with Crippen LogP contribution in [0.15, 0.2) is 46.3 Å². The van der Waals surface area contributed by atoms with Crippen LogP contribution in [0.25, 0.3) is 5.70 Å². The molecule has 1 saturated heterocycles. The molecule has 2 aliphatic rings. The lowest BCUT2D eigenvalue weighted by atomic mass is 10.1. The first-order chi connectivity index (χ1) is 10.8. The molecule has 3 rings (SSSR count). The Morgan fingerprint density at radius 1 is 1.50 bits per heavy atom. The molecule has 0 spiro atoms. The summed E-state index contributed by atoms with van der Waals surface area (Å²) in [6, 6.07) is 4.62. The van der Waals surface area contributed by atoms with Crippen LogP contribution in [-0.4, -0.2) is 20.1 Å². The quantitative estimate of drug-likeness (QED) is 0.787. The lowest BCUT2D eigenvalue weighted by Crippen LogP contribution is -2.09. The fourth-order valence-corrected chi connectivity index (χ4v) is 5.97. The van der Waals surface area contributed by atoms with Crippen molar-refractivity contribution in [3.05, 3.63) is 46.3 Å². The van der Waals surface area contributed by atoms with E-state index in [0.717, 1.165) is 28.2 Å². The number of hydrogen-bond acceptors (Lipinski definition) is 5. The Labute approximate surface area is 138 Å². The van der Waals surface area contributed by atoms with Crippen LogP contribution in [0.3, 0.4) is 0 Å². The van der Waals surface area contributed by atoms with Crippen LogP contribution in [0.5, 0.6) is 0 Å². The maximum absolute atomic E-state index is 9.47. The molecule has 110 valence electrons. The van der Waals surface area contributed by atoms with Gasteiger partial charge in [-0.1, -0.05) is 19.1 Å². The van der Waals surface area contributed by atoms with Gasteiger partial charge in [0.15, 0.2) is 0 Å². The highest BCUT2D eigenvalue weighted by molar-refractivity contribution is 8.26. The Kier molecular flexibility index (Phi) is 4.42. The molecule has 0 aromatic carbocycles. The molecule has 6 heteroatoms. The van der Waals surface area contributed by atoms with E-state index in [1.165, 1.54) is 0 Å². The molecule has 0 amide bonds. The van der Waals surface area contributed by atoms with Crippen LogP contribution >= 0.6 is 23.5 Å². The van der Waals surface area contributed by atoms with E-state index in [1.807, 2.05) is 0 Å². The predicted molar refractivity (Wildman–Crippen MR) is 90.5 cm³/mol. The van der Waals surface area contributed by atoms with Crippen LogP contribution < -0.4 is 0 Å². The number of nitriles is 2. The molecule has 0 N–H and O–H groups in total. The summed E-state index contributed by atoms with van der Waals surface area (Å²) < 4.78 is 2.78. The van der Waals surface area contributed by atoms with Gasteiger partial charge in [-0.15, -0.1) is 23.5 Å². The first-order valence-corrected chi connectivity index (χ1v) is 8.80. The van der Waals surface area contributed by atoms with Crippen molar-refractivity contribution in [3.8, 4) is 12.1 Å². The zero-order chi connectivity index (χ0) is 15.5. The Bertz CT molecular complexity index is 744. The van der Waals surface area contributed by atoms with Crippen molar-refractivity contribution >= 4 is 29.2 Å².